The maximum atomic E-state index is 11.7. The molecule has 0 aromatic heterocycles. The Morgan fingerprint density at radius 2 is 1.85 bits per heavy atom. The fraction of sp³-hybridized carbons (Fsp3) is 0.389. The van der Waals surface area contributed by atoms with Crippen LogP contribution in [-0.2, 0) is 16.0 Å². The molecule has 1 rings (SSSR count). The first-order chi connectivity index (χ1) is 9.58. The van der Waals surface area contributed by atoms with Gasteiger partial charge in [-0.25, -0.2) is 0 Å². The summed E-state index contributed by atoms with van der Waals surface area (Å²) in [4.78, 5) is 11.7. The average molecular weight is 272 g/mol. The smallest absolute Gasteiger partial charge is 0.315 e. The van der Waals surface area contributed by atoms with Crippen molar-refractivity contribution in [2.75, 3.05) is 0 Å². The van der Waals surface area contributed by atoms with Crippen LogP contribution < -0.4 is 0 Å². The number of hydrogen-bond acceptors (Lipinski definition) is 2. The number of ether oxygens (including phenoxy) is 1. The van der Waals surface area contributed by atoms with Crippen LogP contribution in [0.1, 0.15) is 45.6 Å². The number of carbonyl (C=O) groups is 1. The van der Waals surface area contributed by atoms with Crippen LogP contribution >= 0.6 is 0 Å². The highest BCUT2D eigenvalue weighted by atomic mass is 16.5. The number of unbranched alkanes of at least 4 members (excludes halogenated alkanes) is 1. The van der Waals surface area contributed by atoms with E-state index in [0.29, 0.717) is 6.42 Å². The van der Waals surface area contributed by atoms with Gasteiger partial charge in [0.25, 0.3) is 0 Å². The van der Waals surface area contributed by atoms with Crippen LogP contribution in [-0.4, -0.2) is 5.97 Å². The Bertz CT molecular complexity index is 465. The maximum Gasteiger partial charge on any atom is 0.315 e. The second-order valence-electron chi connectivity index (χ2n) is 5.29. The molecule has 1 aromatic carbocycles. The molecule has 108 valence electrons. The zero-order valence-corrected chi connectivity index (χ0v) is 12.7. The third-order valence-electron chi connectivity index (χ3n) is 2.91. The minimum absolute atomic E-state index is 0.208. The highest BCUT2D eigenvalue weighted by Crippen LogP contribution is 2.09. The molecule has 0 amide bonds. The predicted molar refractivity (Wildman–Crippen MR) is 83.3 cm³/mol. The summed E-state index contributed by atoms with van der Waals surface area (Å²) in [5.74, 6) is -0.208. The molecule has 0 bridgehead atoms. The molecule has 1 aromatic rings. The molecular weight excluding hydrogens is 248 g/mol. The lowest BCUT2D eigenvalue weighted by atomic mass is 10.1. The molecule has 0 radical (unpaired) electrons. The van der Waals surface area contributed by atoms with E-state index in [4.69, 9.17) is 4.74 Å². The Labute approximate surface area is 122 Å². The highest BCUT2D eigenvalue weighted by molar-refractivity contribution is 5.73. The highest BCUT2D eigenvalue weighted by Gasteiger charge is 2.03. The minimum atomic E-state index is -0.208. The van der Waals surface area contributed by atoms with Gasteiger partial charge in [-0.15, -0.1) is 0 Å². The van der Waals surface area contributed by atoms with Gasteiger partial charge < -0.3 is 4.74 Å². The second-order valence-corrected chi connectivity index (χ2v) is 5.29. The molecular formula is C18H24O2. The number of allylic oxidation sites excluding steroid dienone is 3. The number of benzene rings is 1. The number of rotatable bonds is 7. The van der Waals surface area contributed by atoms with Crippen LogP contribution in [0.5, 0.6) is 0 Å². The molecule has 0 saturated heterocycles. The molecule has 0 fully saturated rings. The maximum absolute atomic E-state index is 11.7. The van der Waals surface area contributed by atoms with Crippen LogP contribution in [0.2, 0.25) is 0 Å². The third kappa shape index (κ3) is 7.57. The lowest BCUT2D eigenvalue weighted by molar-refractivity contribution is -0.137. The molecule has 0 atom stereocenters. The quantitative estimate of drug-likeness (QED) is 0.308. The number of hydrogen-bond donors (Lipinski definition) is 0. The van der Waals surface area contributed by atoms with Crippen molar-refractivity contribution in [1.82, 2.24) is 0 Å². The predicted octanol–water partition coefficient (Wildman–Crippen LogP) is 4.81. The molecule has 0 aliphatic carbocycles. The molecule has 0 heterocycles. The molecule has 0 aliphatic rings. The van der Waals surface area contributed by atoms with Crippen molar-refractivity contribution in [3.63, 3.8) is 0 Å². The fourth-order valence-electron chi connectivity index (χ4n) is 1.80. The Kier molecular flexibility index (Phi) is 7.41. The van der Waals surface area contributed by atoms with E-state index in [1.807, 2.05) is 37.3 Å². The van der Waals surface area contributed by atoms with Gasteiger partial charge in [-0.3, -0.25) is 4.79 Å². The summed E-state index contributed by atoms with van der Waals surface area (Å²) in [5.41, 5.74) is 3.43. The van der Waals surface area contributed by atoms with E-state index in [0.717, 1.165) is 30.4 Å². The Morgan fingerprint density at radius 1 is 1.15 bits per heavy atom. The molecule has 0 saturated carbocycles. The van der Waals surface area contributed by atoms with Crippen LogP contribution in [0.25, 0.3) is 0 Å². The summed E-state index contributed by atoms with van der Waals surface area (Å²) in [7, 11) is 0. The van der Waals surface area contributed by atoms with Crippen LogP contribution in [0.3, 0.4) is 0 Å². The first-order valence-corrected chi connectivity index (χ1v) is 7.10. The summed E-state index contributed by atoms with van der Waals surface area (Å²) in [6.07, 6.45) is 7.27. The SMILES string of the molecule is CC(C)=CCCC/C(C)=C/OC(=O)Cc1ccccc1. The average Bonchev–Trinajstić information content (AvgIpc) is 2.42. The van der Waals surface area contributed by atoms with Crippen molar-refractivity contribution in [2.45, 2.75) is 46.5 Å². The van der Waals surface area contributed by atoms with Gasteiger partial charge in [0.15, 0.2) is 0 Å². The van der Waals surface area contributed by atoms with E-state index < -0.39 is 0 Å². The van der Waals surface area contributed by atoms with E-state index in [-0.39, 0.29) is 5.97 Å². The van der Waals surface area contributed by atoms with Crippen LogP contribution in [0.4, 0.5) is 0 Å². The zero-order valence-electron chi connectivity index (χ0n) is 12.7. The lowest BCUT2D eigenvalue weighted by Crippen LogP contribution is -2.04. The van der Waals surface area contributed by atoms with Crippen LogP contribution in [0.15, 0.2) is 53.8 Å². The van der Waals surface area contributed by atoms with Gasteiger partial charge in [0.05, 0.1) is 12.7 Å². The Hall–Kier alpha value is -1.83. The Balaban J connectivity index is 2.28. The third-order valence-corrected chi connectivity index (χ3v) is 2.91. The molecule has 0 spiro atoms. The molecule has 0 N–H and O–H groups in total. The summed E-state index contributed by atoms with van der Waals surface area (Å²) in [6, 6.07) is 9.64. The van der Waals surface area contributed by atoms with Crippen molar-refractivity contribution < 1.29 is 9.53 Å². The van der Waals surface area contributed by atoms with Gasteiger partial charge in [-0.05, 0) is 51.2 Å². The van der Waals surface area contributed by atoms with Crippen molar-refractivity contribution in [2.24, 2.45) is 0 Å². The fourth-order valence-corrected chi connectivity index (χ4v) is 1.80. The standard InChI is InChI=1S/C18H24O2/c1-15(2)9-7-8-10-16(3)14-20-18(19)13-17-11-5-4-6-12-17/h4-6,9,11-12,14H,7-8,10,13H2,1-3H3/b16-14+. The first-order valence-electron chi connectivity index (χ1n) is 7.10. The van der Waals surface area contributed by atoms with Crippen molar-refractivity contribution >= 4 is 5.97 Å². The van der Waals surface area contributed by atoms with E-state index in [1.54, 1.807) is 6.26 Å². The molecule has 2 heteroatoms. The molecule has 0 unspecified atom stereocenters. The van der Waals surface area contributed by atoms with Crippen molar-refractivity contribution in [3.05, 3.63) is 59.4 Å². The zero-order chi connectivity index (χ0) is 14.8. The largest absolute Gasteiger partial charge is 0.434 e. The summed E-state index contributed by atoms with van der Waals surface area (Å²) in [6.45, 7) is 6.21. The number of esters is 1. The lowest BCUT2D eigenvalue weighted by Gasteiger charge is -2.03. The van der Waals surface area contributed by atoms with Gasteiger partial charge in [-0.2, -0.15) is 0 Å². The van der Waals surface area contributed by atoms with Gasteiger partial charge in [-0.1, -0.05) is 42.0 Å². The Morgan fingerprint density at radius 3 is 2.50 bits per heavy atom. The van der Waals surface area contributed by atoms with E-state index in [9.17, 15) is 4.79 Å². The van der Waals surface area contributed by atoms with Gasteiger partial charge >= 0.3 is 5.97 Å². The van der Waals surface area contributed by atoms with E-state index in [2.05, 4.69) is 19.9 Å². The monoisotopic (exact) mass is 272 g/mol. The van der Waals surface area contributed by atoms with E-state index in [1.165, 1.54) is 5.57 Å². The summed E-state index contributed by atoms with van der Waals surface area (Å²) in [5, 5.41) is 0. The normalized spacial score (nSPS) is 11.1. The van der Waals surface area contributed by atoms with Gasteiger partial charge in [0.2, 0.25) is 0 Å². The first kappa shape index (κ1) is 16.2. The van der Waals surface area contributed by atoms with Gasteiger partial charge in [0, 0.05) is 0 Å². The molecule has 20 heavy (non-hydrogen) atoms. The summed E-state index contributed by atoms with van der Waals surface area (Å²) < 4.78 is 5.17. The van der Waals surface area contributed by atoms with Crippen LogP contribution in [0, 0.1) is 0 Å². The number of carbonyl (C=O) groups excluding carboxylic acids is 1. The van der Waals surface area contributed by atoms with E-state index >= 15 is 0 Å². The summed E-state index contributed by atoms with van der Waals surface area (Å²) >= 11 is 0. The minimum Gasteiger partial charge on any atom is -0.434 e. The van der Waals surface area contributed by atoms with Gasteiger partial charge in [0.1, 0.15) is 0 Å². The van der Waals surface area contributed by atoms with Crippen molar-refractivity contribution in [3.8, 4) is 0 Å². The molecule has 2 nitrogen and oxygen atoms in total. The molecule has 0 aliphatic heterocycles. The topological polar surface area (TPSA) is 26.3 Å². The van der Waals surface area contributed by atoms with Crippen molar-refractivity contribution in [1.29, 1.82) is 0 Å². The second kappa shape index (κ2) is 9.13.